The lowest BCUT2D eigenvalue weighted by Gasteiger charge is -2.12. The number of hydrogen-bond donors (Lipinski definition) is 1. The molecular weight excluding hydrogens is 385 g/mol. The Balaban J connectivity index is 1.73. The zero-order valence-corrected chi connectivity index (χ0v) is 15.6. The highest BCUT2D eigenvalue weighted by molar-refractivity contribution is 5.93. The fourth-order valence-electron chi connectivity index (χ4n) is 2.95. The zero-order chi connectivity index (χ0) is 21.0. The molecule has 0 aliphatic heterocycles. The van der Waals surface area contributed by atoms with E-state index in [1.165, 1.54) is 12.1 Å². The molecule has 3 rings (SSSR count). The van der Waals surface area contributed by atoms with Gasteiger partial charge in [0.05, 0.1) is 10.9 Å². The molecular formula is C21H19F3N2O3. The Bertz CT molecular complexity index is 1090. The first-order chi connectivity index (χ1) is 13.8. The summed E-state index contributed by atoms with van der Waals surface area (Å²) in [5, 5.41) is 3.42. The van der Waals surface area contributed by atoms with Crippen LogP contribution in [0.2, 0.25) is 0 Å². The summed E-state index contributed by atoms with van der Waals surface area (Å²) in [5.41, 5.74) is -0.981. The second-order valence-corrected chi connectivity index (χ2v) is 6.45. The lowest BCUT2D eigenvalue weighted by atomic mass is 10.1. The predicted octanol–water partition coefficient (Wildman–Crippen LogP) is 4.45. The standard InChI is InChI=1S/C21H19F3N2O3/c1-2-10-26-11-9-16-17(20(26)28)7-4-8-18(16)29-13-19(27)25-15-6-3-5-14(12-15)21(22,23)24/h3-9,11-12H,2,10,13H2,1H3,(H,25,27). The Kier molecular flexibility index (Phi) is 5.91. The van der Waals surface area contributed by atoms with E-state index >= 15 is 0 Å². The van der Waals surface area contributed by atoms with Crippen molar-refractivity contribution in [3.8, 4) is 5.75 Å². The number of pyridine rings is 1. The van der Waals surface area contributed by atoms with Crippen LogP contribution in [-0.4, -0.2) is 17.1 Å². The molecule has 0 saturated heterocycles. The third-order valence-corrected chi connectivity index (χ3v) is 4.28. The summed E-state index contributed by atoms with van der Waals surface area (Å²) in [5.74, 6) is -0.261. The number of anilines is 1. The number of carbonyl (C=O) groups is 1. The minimum absolute atomic E-state index is 0.0220. The summed E-state index contributed by atoms with van der Waals surface area (Å²) in [6.07, 6.45) is -2.01. The fourth-order valence-corrected chi connectivity index (χ4v) is 2.95. The number of ether oxygens (including phenoxy) is 1. The van der Waals surface area contributed by atoms with Crippen LogP contribution < -0.4 is 15.6 Å². The first kappa shape index (κ1) is 20.4. The first-order valence-corrected chi connectivity index (χ1v) is 9.01. The van der Waals surface area contributed by atoms with Crippen molar-refractivity contribution in [2.45, 2.75) is 26.1 Å². The van der Waals surface area contributed by atoms with Crippen LogP contribution in [0, 0.1) is 0 Å². The average molecular weight is 404 g/mol. The Labute approximate surface area is 164 Å². The van der Waals surface area contributed by atoms with Crippen LogP contribution >= 0.6 is 0 Å². The Morgan fingerprint density at radius 1 is 1.10 bits per heavy atom. The Morgan fingerprint density at radius 2 is 1.86 bits per heavy atom. The van der Waals surface area contributed by atoms with Crippen molar-refractivity contribution < 1.29 is 22.7 Å². The number of rotatable bonds is 6. The van der Waals surface area contributed by atoms with E-state index in [-0.39, 0.29) is 11.2 Å². The van der Waals surface area contributed by atoms with E-state index in [0.717, 1.165) is 18.6 Å². The van der Waals surface area contributed by atoms with Crippen molar-refractivity contribution in [3.05, 3.63) is 70.6 Å². The number of alkyl halides is 3. The molecule has 0 saturated carbocycles. The number of nitrogens with one attached hydrogen (secondary N) is 1. The minimum Gasteiger partial charge on any atom is -0.483 e. The van der Waals surface area contributed by atoms with Gasteiger partial charge in [-0.15, -0.1) is 0 Å². The molecule has 0 fully saturated rings. The molecule has 0 unspecified atom stereocenters. The molecule has 0 atom stereocenters. The van der Waals surface area contributed by atoms with Gasteiger partial charge in [0.2, 0.25) is 0 Å². The molecule has 5 nitrogen and oxygen atoms in total. The number of hydrogen-bond acceptors (Lipinski definition) is 3. The first-order valence-electron chi connectivity index (χ1n) is 9.01. The van der Waals surface area contributed by atoms with Crippen molar-refractivity contribution in [3.63, 3.8) is 0 Å². The predicted molar refractivity (Wildman–Crippen MR) is 104 cm³/mol. The molecule has 29 heavy (non-hydrogen) atoms. The molecule has 152 valence electrons. The van der Waals surface area contributed by atoms with Gasteiger partial charge in [0.15, 0.2) is 6.61 Å². The number of nitrogens with zero attached hydrogens (tertiary/aromatic N) is 1. The van der Waals surface area contributed by atoms with Crippen LogP contribution in [-0.2, 0) is 17.5 Å². The summed E-state index contributed by atoms with van der Waals surface area (Å²) in [4.78, 5) is 24.6. The highest BCUT2D eigenvalue weighted by atomic mass is 19.4. The van der Waals surface area contributed by atoms with Gasteiger partial charge in [-0.2, -0.15) is 13.2 Å². The van der Waals surface area contributed by atoms with Crippen molar-refractivity contribution >= 4 is 22.4 Å². The number of aryl methyl sites for hydroxylation is 1. The number of aromatic nitrogens is 1. The van der Waals surface area contributed by atoms with Crippen LogP contribution in [0.15, 0.2) is 59.5 Å². The van der Waals surface area contributed by atoms with Crippen LogP contribution in [0.3, 0.4) is 0 Å². The lowest BCUT2D eigenvalue weighted by molar-refractivity contribution is -0.137. The third kappa shape index (κ3) is 4.77. The van der Waals surface area contributed by atoms with Crippen LogP contribution in [0.4, 0.5) is 18.9 Å². The van der Waals surface area contributed by atoms with Gasteiger partial charge in [-0.1, -0.05) is 19.1 Å². The average Bonchev–Trinajstić information content (AvgIpc) is 2.68. The highest BCUT2D eigenvalue weighted by Gasteiger charge is 2.30. The quantitative estimate of drug-likeness (QED) is 0.661. The molecule has 0 aliphatic carbocycles. The smallest absolute Gasteiger partial charge is 0.416 e. The highest BCUT2D eigenvalue weighted by Crippen LogP contribution is 2.30. The maximum Gasteiger partial charge on any atom is 0.416 e. The van der Waals surface area contributed by atoms with Crippen molar-refractivity contribution in [2.75, 3.05) is 11.9 Å². The van der Waals surface area contributed by atoms with Crippen molar-refractivity contribution in [1.82, 2.24) is 4.57 Å². The molecule has 1 N–H and O–H groups in total. The summed E-state index contributed by atoms with van der Waals surface area (Å²) >= 11 is 0. The molecule has 8 heteroatoms. The van der Waals surface area contributed by atoms with E-state index in [1.807, 2.05) is 6.92 Å². The van der Waals surface area contributed by atoms with E-state index in [1.54, 1.807) is 35.0 Å². The summed E-state index contributed by atoms with van der Waals surface area (Å²) < 4.78 is 45.4. The number of carbonyl (C=O) groups excluding carboxylic acids is 1. The van der Waals surface area contributed by atoms with Gasteiger partial charge in [0, 0.05) is 23.8 Å². The Hall–Kier alpha value is -3.29. The molecule has 0 radical (unpaired) electrons. The molecule has 2 aromatic carbocycles. The maximum atomic E-state index is 12.8. The van der Waals surface area contributed by atoms with Crippen LogP contribution in [0.5, 0.6) is 5.75 Å². The molecule has 3 aromatic rings. The van der Waals surface area contributed by atoms with Crippen molar-refractivity contribution in [2.24, 2.45) is 0 Å². The minimum atomic E-state index is -4.50. The van der Waals surface area contributed by atoms with Gasteiger partial charge in [0.1, 0.15) is 5.75 Å². The van der Waals surface area contributed by atoms with Gasteiger partial charge in [-0.25, -0.2) is 0 Å². The number of halogens is 3. The monoisotopic (exact) mass is 404 g/mol. The Morgan fingerprint density at radius 3 is 2.59 bits per heavy atom. The zero-order valence-electron chi connectivity index (χ0n) is 15.6. The molecule has 0 bridgehead atoms. The normalized spacial score (nSPS) is 11.4. The van der Waals surface area contributed by atoms with E-state index < -0.39 is 24.3 Å². The van der Waals surface area contributed by atoms with Gasteiger partial charge in [-0.05, 0) is 42.8 Å². The number of amides is 1. The second-order valence-electron chi connectivity index (χ2n) is 6.45. The molecule has 0 spiro atoms. The number of fused-ring (bicyclic) bond motifs is 1. The lowest BCUT2D eigenvalue weighted by Crippen LogP contribution is -2.21. The third-order valence-electron chi connectivity index (χ3n) is 4.28. The number of benzene rings is 2. The van der Waals surface area contributed by atoms with Gasteiger partial charge >= 0.3 is 6.18 Å². The molecule has 1 amide bonds. The van der Waals surface area contributed by atoms with E-state index in [9.17, 15) is 22.8 Å². The van der Waals surface area contributed by atoms with E-state index in [4.69, 9.17) is 4.74 Å². The van der Waals surface area contributed by atoms with Crippen LogP contribution in [0.25, 0.3) is 10.8 Å². The fraction of sp³-hybridized carbons (Fsp3) is 0.238. The van der Waals surface area contributed by atoms with Gasteiger partial charge in [-0.3, -0.25) is 9.59 Å². The molecule has 0 aliphatic rings. The SMILES string of the molecule is CCCn1ccc2c(OCC(=O)Nc3cccc(C(F)(F)F)c3)cccc2c1=O. The van der Waals surface area contributed by atoms with Crippen molar-refractivity contribution in [1.29, 1.82) is 0 Å². The maximum absolute atomic E-state index is 12.8. The van der Waals surface area contributed by atoms with E-state index in [2.05, 4.69) is 5.32 Å². The van der Waals surface area contributed by atoms with Gasteiger partial charge in [0.25, 0.3) is 11.5 Å². The summed E-state index contributed by atoms with van der Waals surface area (Å²) in [6.45, 7) is 2.16. The topological polar surface area (TPSA) is 60.3 Å². The summed E-state index contributed by atoms with van der Waals surface area (Å²) in [6, 6.07) is 11.1. The second kappa shape index (κ2) is 8.38. The molecule has 1 heterocycles. The van der Waals surface area contributed by atoms with Crippen LogP contribution in [0.1, 0.15) is 18.9 Å². The molecule has 1 aromatic heterocycles. The van der Waals surface area contributed by atoms with Gasteiger partial charge < -0.3 is 14.6 Å². The summed E-state index contributed by atoms with van der Waals surface area (Å²) in [7, 11) is 0. The van der Waals surface area contributed by atoms with E-state index in [0.29, 0.717) is 23.1 Å². The largest absolute Gasteiger partial charge is 0.483 e.